The molecule has 0 aromatic carbocycles. The normalized spacial score (nSPS) is 36.9. The highest BCUT2D eigenvalue weighted by atomic mass is 16.6. The summed E-state index contributed by atoms with van der Waals surface area (Å²) in [5, 5.41) is 0. The summed E-state index contributed by atoms with van der Waals surface area (Å²) in [6.07, 6.45) is 29.1. The van der Waals surface area contributed by atoms with Gasteiger partial charge in [-0.3, -0.25) is 0 Å². The van der Waals surface area contributed by atoms with Crippen LogP contribution in [0.1, 0.15) is 128 Å². The van der Waals surface area contributed by atoms with Crippen molar-refractivity contribution in [1.82, 2.24) is 0 Å². The molecule has 34 heavy (non-hydrogen) atoms. The van der Waals surface area contributed by atoms with Gasteiger partial charge in [-0.25, -0.2) is 0 Å². The van der Waals surface area contributed by atoms with Crippen molar-refractivity contribution in [3.8, 4) is 0 Å². The maximum absolute atomic E-state index is 5.81. The molecule has 4 saturated carbocycles. The van der Waals surface area contributed by atoms with Crippen LogP contribution >= 0.6 is 0 Å². The summed E-state index contributed by atoms with van der Waals surface area (Å²) in [5.74, 6) is 3.03. The number of hydrogen-bond donors (Lipinski definition) is 0. The molecule has 0 amide bonds. The van der Waals surface area contributed by atoms with Crippen LogP contribution in [0.4, 0.5) is 0 Å². The van der Waals surface area contributed by atoms with Crippen LogP contribution in [-0.2, 0) is 18.6 Å². The van der Waals surface area contributed by atoms with E-state index in [4.69, 9.17) is 18.6 Å². The van der Waals surface area contributed by atoms with Crippen LogP contribution in [0.5, 0.6) is 0 Å². The lowest BCUT2D eigenvalue weighted by atomic mass is 9.77. The van der Waals surface area contributed by atoms with E-state index in [0.29, 0.717) is 24.4 Å². The average Bonchev–Trinajstić information content (AvgIpc) is 3.62. The van der Waals surface area contributed by atoms with Gasteiger partial charge in [0.2, 0.25) is 0 Å². The zero-order chi connectivity index (χ0) is 23.0. The van der Waals surface area contributed by atoms with Gasteiger partial charge in [-0.05, 0) is 75.0 Å². The zero-order valence-electron chi connectivity index (χ0n) is 21.5. The second-order valence-corrected chi connectivity index (χ2v) is 12.2. The lowest BCUT2D eigenvalue weighted by Gasteiger charge is -2.35. The van der Waals surface area contributed by atoms with Crippen LogP contribution in [0.3, 0.4) is 0 Å². The van der Waals surface area contributed by atoms with Crippen LogP contribution < -0.4 is 0 Å². The van der Waals surface area contributed by atoms with E-state index in [9.17, 15) is 0 Å². The van der Waals surface area contributed by atoms with Gasteiger partial charge in [0.15, 0.2) is 0 Å². The van der Waals surface area contributed by atoms with E-state index in [-0.39, 0.29) is 0 Å². The van der Waals surface area contributed by atoms with E-state index < -0.39 is 0 Å². The number of hydrogen-bond acceptors (Lipinski definition) is 4. The first-order valence-electron chi connectivity index (χ1n) is 15.2. The van der Waals surface area contributed by atoms with Gasteiger partial charge in [-0.15, -0.1) is 0 Å². The summed E-state index contributed by atoms with van der Waals surface area (Å²) in [5.41, 5.74) is 0. The first-order valence-corrected chi connectivity index (χ1v) is 15.2. The van der Waals surface area contributed by atoms with Crippen molar-refractivity contribution in [3.63, 3.8) is 0 Å². The maximum atomic E-state index is 5.81. The average molecular weight is 470 g/mol. The van der Waals surface area contributed by atoms with Gasteiger partial charge in [-0.1, -0.05) is 77.0 Å². The molecule has 0 unspecified atom stereocenters. The molecule has 6 aliphatic rings. The molecule has 2 saturated heterocycles. The lowest BCUT2D eigenvalue weighted by Crippen LogP contribution is -2.38. The highest BCUT2D eigenvalue weighted by molar-refractivity contribution is 6.19. The molecule has 2 aliphatic heterocycles. The minimum atomic E-state index is 0.374. The molecular weight excluding hydrogens is 422 g/mol. The first-order chi connectivity index (χ1) is 16.9. The second kappa shape index (κ2) is 13.5. The van der Waals surface area contributed by atoms with Crippen molar-refractivity contribution < 1.29 is 18.6 Å². The summed E-state index contributed by atoms with van der Waals surface area (Å²) in [7, 11) is 3.27. The molecular formula is C28H48B2O4. The lowest BCUT2D eigenvalue weighted by molar-refractivity contribution is 0.0324. The highest BCUT2D eigenvalue weighted by Crippen LogP contribution is 2.40. The Bertz CT molecular complexity index is 471. The standard InChI is InChI=1S/2C14H24BO2/c2*1-3-7-11(8-4-1)13-14(17-15-16-13)12-9-5-2-6-10-12/h2*11-14H,1-10H2/t2*13-,14-/m10/s1. The molecule has 0 aromatic heterocycles. The fourth-order valence-corrected chi connectivity index (χ4v) is 8.00. The van der Waals surface area contributed by atoms with E-state index in [2.05, 4.69) is 0 Å². The van der Waals surface area contributed by atoms with Crippen molar-refractivity contribution in [2.75, 3.05) is 0 Å². The van der Waals surface area contributed by atoms with Crippen LogP contribution in [0, 0.1) is 23.7 Å². The van der Waals surface area contributed by atoms with Gasteiger partial charge in [0.05, 0.1) is 24.4 Å². The topological polar surface area (TPSA) is 36.9 Å². The van der Waals surface area contributed by atoms with Crippen LogP contribution in [-0.4, -0.2) is 39.8 Å². The van der Waals surface area contributed by atoms with Crippen molar-refractivity contribution in [2.24, 2.45) is 23.7 Å². The zero-order valence-corrected chi connectivity index (χ0v) is 21.5. The molecule has 6 heteroatoms. The Hall–Kier alpha value is -0.0301. The minimum Gasteiger partial charge on any atom is -0.407 e. The molecule has 4 aliphatic carbocycles. The number of rotatable bonds is 4. The van der Waals surface area contributed by atoms with E-state index in [0.717, 1.165) is 23.7 Å². The second-order valence-electron chi connectivity index (χ2n) is 12.2. The summed E-state index contributed by atoms with van der Waals surface area (Å²) in [4.78, 5) is 0. The van der Waals surface area contributed by atoms with E-state index in [1.54, 1.807) is 15.4 Å². The van der Waals surface area contributed by atoms with Gasteiger partial charge in [0.25, 0.3) is 0 Å². The molecule has 0 bridgehead atoms. The smallest absolute Gasteiger partial charge is 0.407 e. The molecule has 2 heterocycles. The minimum absolute atomic E-state index is 0.374. The van der Waals surface area contributed by atoms with Crippen molar-refractivity contribution in [2.45, 2.75) is 153 Å². The molecule has 4 nitrogen and oxygen atoms in total. The third kappa shape index (κ3) is 6.64. The van der Waals surface area contributed by atoms with Gasteiger partial charge in [0, 0.05) is 0 Å². The Labute approximate surface area is 210 Å². The van der Waals surface area contributed by atoms with Gasteiger partial charge in [-0.2, -0.15) is 0 Å². The third-order valence-corrected chi connectivity index (χ3v) is 9.96. The molecule has 6 fully saturated rings. The third-order valence-electron chi connectivity index (χ3n) is 9.96. The van der Waals surface area contributed by atoms with Crippen molar-refractivity contribution in [1.29, 1.82) is 0 Å². The maximum Gasteiger partial charge on any atom is 0.488 e. The predicted molar refractivity (Wildman–Crippen MR) is 137 cm³/mol. The Kier molecular flexibility index (Phi) is 10.2. The molecule has 190 valence electrons. The van der Waals surface area contributed by atoms with Crippen molar-refractivity contribution >= 4 is 15.4 Å². The predicted octanol–water partition coefficient (Wildman–Crippen LogP) is 6.93. The molecule has 0 aromatic rings. The monoisotopic (exact) mass is 470 g/mol. The Morgan fingerprint density at radius 1 is 0.294 bits per heavy atom. The van der Waals surface area contributed by atoms with Gasteiger partial charge >= 0.3 is 15.4 Å². The Morgan fingerprint density at radius 3 is 0.706 bits per heavy atom. The Morgan fingerprint density at radius 2 is 0.500 bits per heavy atom. The molecule has 0 spiro atoms. The van der Waals surface area contributed by atoms with Crippen LogP contribution in [0.2, 0.25) is 0 Å². The summed E-state index contributed by atoms with van der Waals surface area (Å²) in [6, 6.07) is 0. The first kappa shape index (κ1) is 25.6. The molecule has 0 N–H and O–H groups in total. The quantitative estimate of drug-likeness (QED) is 0.418. The largest absolute Gasteiger partial charge is 0.488 e. The summed E-state index contributed by atoms with van der Waals surface area (Å²) >= 11 is 0. The molecule has 2 radical (unpaired) electrons. The summed E-state index contributed by atoms with van der Waals surface area (Å²) < 4.78 is 23.2. The van der Waals surface area contributed by atoms with E-state index in [1.165, 1.54) is 128 Å². The van der Waals surface area contributed by atoms with E-state index in [1.807, 2.05) is 0 Å². The fourth-order valence-electron chi connectivity index (χ4n) is 8.00. The Balaban J connectivity index is 0.000000142. The SMILES string of the molecule is [B]1O[C@@H](C2CCCCC2)[C@H](C2CCCCC2)O1.[B]1O[C@H](C2CCCCC2)[C@@H](C2CCCCC2)O1. The molecule has 4 atom stereocenters. The highest BCUT2D eigenvalue weighted by Gasteiger charge is 2.42. The summed E-state index contributed by atoms with van der Waals surface area (Å²) in [6.45, 7) is 0. The van der Waals surface area contributed by atoms with Crippen LogP contribution in [0.25, 0.3) is 0 Å². The molecule has 6 rings (SSSR count). The van der Waals surface area contributed by atoms with Crippen LogP contribution in [0.15, 0.2) is 0 Å². The van der Waals surface area contributed by atoms with Gasteiger partial charge < -0.3 is 18.6 Å². The van der Waals surface area contributed by atoms with Crippen molar-refractivity contribution in [3.05, 3.63) is 0 Å². The fraction of sp³-hybridized carbons (Fsp3) is 1.00. The van der Waals surface area contributed by atoms with Gasteiger partial charge in [0.1, 0.15) is 0 Å². The van der Waals surface area contributed by atoms with E-state index >= 15 is 0 Å².